The molecular formula is C12H12ClF3N2O4. The number of esters is 1. The van der Waals surface area contributed by atoms with Gasteiger partial charge in [0.2, 0.25) is 0 Å². The van der Waals surface area contributed by atoms with Gasteiger partial charge in [-0.25, -0.2) is 0 Å². The van der Waals surface area contributed by atoms with Crippen molar-refractivity contribution in [2.75, 3.05) is 25.1 Å². The summed E-state index contributed by atoms with van der Waals surface area (Å²) in [5, 5.41) is 10.5. The molecule has 0 fully saturated rings. The van der Waals surface area contributed by atoms with Crippen LogP contribution in [0.1, 0.15) is 12.5 Å². The average Bonchev–Trinajstić information content (AvgIpc) is 2.36. The first kappa shape index (κ1) is 18.0. The molecule has 10 heteroatoms. The molecule has 0 heterocycles. The SMILES string of the molecule is CCOC(=O)CN(C)c1c(Cl)cc(C(F)(F)F)cc1[N+](=O)[O-]. The maximum absolute atomic E-state index is 12.7. The molecule has 0 amide bonds. The standard InChI is InChI=1S/C12H12ClF3N2O4/c1-3-22-10(19)6-17(2)11-8(13)4-7(12(14,15)16)5-9(11)18(20)21/h4-5H,3,6H2,1-2H3. The number of carbonyl (C=O) groups is 1. The lowest BCUT2D eigenvalue weighted by molar-refractivity contribution is -0.384. The average molecular weight is 341 g/mol. The van der Waals surface area contributed by atoms with E-state index in [2.05, 4.69) is 4.74 Å². The van der Waals surface area contributed by atoms with E-state index in [1.54, 1.807) is 6.92 Å². The number of benzene rings is 1. The van der Waals surface area contributed by atoms with E-state index in [4.69, 9.17) is 11.6 Å². The van der Waals surface area contributed by atoms with Gasteiger partial charge in [-0.2, -0.15) is 13.2 Å². The lowest BCUT2D eigenvalue weighted by atomic mass is 10.1. The van der Waals surface area contributed by atoms with Gasteiger partial charge in [-0.1, -0.05) is 11.6 Å². The Balaban J connectivity index is 3.29. The Bertz CT molecular complexity index is 592. The first-order valence-corrected chi connectivity index (χ1v) is 6.37. The molecule has 0 atom stereocenters. The van der Waals surface area contributed by atoms with Crippen molar-refractivity contribution >= 4 is 28.9 Å². The molecule has 0 radical (unpaired) electrons. The van der Waals surface area contributed by atoms with Crippen molar-refractivity contribution in [3.63, 3.8) is 0 Å². The maximum atomic E-state index is 12.7. The van der Waals surface area contributed by atoms with Gasteiger partial charge < -0.3 is 9.64 Å². The molecule has 0 aliphatic rings. The number of carbonyl (C=O) groups excluding carboxylic acids is 1. The first-order chi connectivity index (χ1) is 10.1. The van der Waals surface area contributed by atoms with Crippen LogP contribution in [0.3, 0.4) is 0 Å². The van der Waals surface area contributed by atoms with Crippen LogP contribution < -0.4 is 4.90 Å². The van der Waals surface area contributed by atoms with Gasteiger partial charge in [0, 0.05) is 13.1 Å². The molecule has 0 saturated heterocycles. The highest BCUT2D eigenvalue weighted by Gasteiger charge is 2.35. The van der Waals surface area contributed by atoms with Gasteiger partial charge in [0.1, 0.15) is 12.2 Å². The number of halogens is 4. The van der Waals surface area contributed by atoms with E-state index in [9.17, 15) is 28.1 Å². The Morgan fingerprint density at radius 1 is 1.45 bits per heavy atom. The van der Waals surface area contributed by atoms with Crippen LogP contribution in [0.5, 0.6) is 0 Å². The fraction of sp³-hybridized carbons (Fsp3) is 0.417. The van der Waals surface area contributed by atoms with Crippen molar-refractivity contribution < 1.29 is 27.6 Å². The summed E-state index contributed by atoms with van der Waals surface area (Å²) in [6.07, 6.45) is -4.77. The maximum Gasteiger partial charge on any atom is 0.416 e. The Morgan fingerprint density at radius 3 is 2.50 bits per heavy atom. The van der Waals surface area contributed by atoms with Gasteiger partial charge in [0.05, 0.1) is 22.1 Å². The van der Waals surface area contributed by atoms with Gasteiger partial charge in [-0.15, -0.1) is 0 Å². The number of nitro groups is 1. The zero-order valence-corrected chi connectivity index (χ0v) is 12.4. The fourth-order valence-electron chi connectivity index (χ4n) is 1.74. The summed E-state index contributed by atoms with van der Waals surface area (Å²) in [5.74, 6) is -0.685. The van der Waals surface area contributed by atoms with Crippen molar-refractivity contribution in [2.45, 2.75) is 13.1 Å². The second-order valence-corrected chi connectivity index (χ2v) is 4.65. The van der Waals surface area contributed by atoms with E-state index in [1.165, 1.54) is 7.05 Å². The van der Waals surface area contributed by atoms with Crippen molar-refractivity contribution in [3.8, 4) is 0 Å². The predicted molar refractivity (Wildman–Crippen MR) is 73.0 cm³/mol. The van der Waals surface area contributed by atoms with E-state index in [1.807, 2.05) is 0 Å². The highest BCUT2D eigenvalue weighted by molar-refractivity contribution is 6.34. The molecule has 1 aromatic rings. The summed E-state index contributed by atoms with van der Waals surface area (Å²) in [5.41, 5.74) is -2.36. The molecule has 122 valence electrons. The molecule has 0 aliphatic carbocycles. The highest BCUT2D eigenvalue weighted by Crippen LogP contribution is 2.41. The summed E-state index contributed by atoms with van der Waals surface area (Å²) in [7, 11) is 1.29. The van der Waals surface area contributed by atoms with Crippen molar-refractivity contribution in [1.29, 1.82) is 0 Å². The predicted octanol–water partition coefficient (Wildman–Crippen LogP) is 3.27. The number of ether oxygens (including phenoxy) is 1. The number of hydrogen-bond donors (Lipinski definition) is 0. The Labute approximate surface area is 128 Å². The number of hydrogen-bond acceptors (Lipinski definition) is 5. The van der Waals surface area contributed by atoms with Gasteiger partial charge in [0.15, 0.2) is 0 Å². The molecule has 1 rings (SSSR count). The van der Waals surface area contributed by atoms with Crippen molar-refractivity contribution in [2.24, 2.45) is 0 Å². The van der Waals surface area contributed by atoms with Gasteiger partial charge in [0.25, 0.3) is 5.69 Å². The van der Waals surface area contributed by atoms with Crippen LogP contribution in [0.2, 0.25) is 5.02 Å². The number of alkyl halides is 3. The lowest BCUT2D eigenvalue weighted by Crippen LogP contribution is -2.28. The molecule has 0 aromatic heterocycles. The fourth-order valence-corrected chi connectivity index (χ4v) is 2.10. The molecule has 0 spiro atoms. The van der Waals surface area contributed by atoms with Crippen LogP contribution in [-0.4, -0.2) is 31.1 Å². The number of nitrogens with zero attached hydrogens (tertiary/aromatic N) is 2. The number of rotatable bonds is 5. The summed E-state index contributed by atoms with van der Waals surface area (Å²) < 4.78 is 42.7. The van der Waals surface area contributed by atoms with E-state index >= 15 is 0 Å². The van der Waals surface area contributed by atoms with Gasteiger partial charge in [-0.05, 0) is 13.0 Å². The van der Waals surface area contributed by atoms with Gasteiger partial charge >= 0.3 is 12.1 Å². The number of anilines is 1. The molecule has 0 unspecified atom stereocenters. The van der Waals surface area contributed by atoms with Crippen molar-refractivity contribution in [1.82, 2.24) is 0 Å². The third-order valence-corrected chi connectivity index (χ3v) is 2.91. The van der Waals surface area contributed by atoms with Crippen LogP contribution in [-0.2, 0) is 15.7 Å². The summed E-state index contributed by atoms with van der Waals surface area (Å²) in [4.78, 5) is 22.5. The quantitative estimate of drug-likeness (QED) is 0.467. The minimum absolute atomic E-state index is 0.107. The summed E-state index contributed by atoms with van der Waals surface area (Å²) in [6, 6.07) is 0.953. The van der Waals surface area contributed by atoms with E-state index in [-0.39, 0.29) is 18.8 Å². The summed E-state index contributed by atoms with van der Waals surface area (Å²) in [6.45, 7) is 1.29. The van der Waals surface area contributed by atoms with Crippen molar-refractivity contribution in [3.05, 3.63) is 32.8 Å². The van der Waals surface area contributed by atoms with E-state index < -0.39 is 33.3 Å². The Kier molecular flexibility index (Phi) is 5.59. The largest absolute Gasteiger partial charge is 0.465 e. The molecule has 0 N–H and O–H groups in total. The second kappa shape index (κ2) is 6.82. The van der Waals surface area contributed by atoms with Gasteiger partial charge in [-0.3, -0.25) is 14.9 Å². The first-order valence-electron chi connectivity index (χ1n) is 5.99. The molecule has 0 saturated carbocycles. The number of nitro benzene ring substituents is 1. The minimum Gasteiger partial charge on any atom is -0.465 e. The Morgan fingerprint density at radius 2 is 2.05 bits per heavy atom. The zero-order valence-electron chi connectivity index (χ0n) is 11.6. The van der Waals surface area contributed by atoms with E-state index in [0.29, 0.717) is 12.1 Å². The highest BCUT2D eigenvalue weighted by atomic mass is 35.5. The normalized spacial score (nSPS) is 11.2. The van der Waals surface area contributed by atoms with E-state index in [0.717, 1.165) is 4.90 Å². The summed E-state index contributed by atoms with van der Waals surface area (Å²) >= 11 is 5.74. The number of likely N-dealkylation sites (N-methyl/N-ethyl adjacent to an activating group) is 1. The molecule has 1 aromatic carbocycles. The Hall–Kier alpha value is -2.03. The molecule has 22 heavy (non-hydrogen) atoms. The molecule has 0 aliphatic heterocycles. The third-order valence-electron chi connectivity index (χ3n) is 2.62. The molecular weight excluding hydrogens is 329 g/mol. The second-order valence-electron chi connectivity index (χ2n) is 4.24. The smallest absolute Gasteiger partial charge is 0.416 e. The monoisotopic (exact) mass is 340 g/mol. The molecule has 6 nitrogen and oxygen atoms in total. The molecule has 0 bridgehead atoms. The van der Waals surface area contributed by atoms with Crippen LogP contribution >= 0.6 is 11.6 Å². The van der Waals surface area contributed by atoms with Crippen LogP contribution in [0.4, 0.5) is 24.5 Å². The van der Waals surface area contributed by atoms with Crippen LogP contribution in [0, 0.1) is 10.1 Å². The topological polar surface area (TPSA) is 72.7 Å². The minimum atomic E-state index is -4.77. The zero-order chi connectivity index (χ0) is 17.1. The lowest BCUT2D eigenvalue weighted by Gasteiger charge is -2.20. The van der Waals surface area contributed by atoms with Crippen LogP contribution in [0.25, 0.3) is 0 Å². The van der Waals surface area contributed by atoms with Crippen LogP contribution in [0.15, 0.2) is 12.1 Å². The third kappa shape index (κ3) is 4.23.